The number of amides is 1. The van der Waals surface area contributed by atoms with Gasteiger partial charge in [0.05, 0.1) is 34.2 Å². The van der Waals surface area contributed by atoms with Crippen LogP contribution in [0.3, 0.4) is 0 Å². The molecule has 0 spiro atoms. The predicted molar refractivity (Wildman–Crippen MR) is 151 cm³/mol. The second-order valence-corrected chi connectivity index (χ2v) is 14.6. The van der Waals surface area contributed by atoms with Gasteiger partial charge in [0, 0.05) is 5.69 Å². The number of halogens is 3. The van der Waals surface area contributed by atoms with Crippen molar-refractivity contribution in [3.63, 3.8) is 0 Å². The van der Waals surface area contributed by atoms with Crippen LogP contribution in [0.5, 0.6) is 5.75 Å². The lowest BCUT2D eigenvalue weighted by Crippen LogP contribution is -2.46. The number of sulfonamides is 1. The molecular formula is C28H29F3N2O7S2. The SMILES string of the molecule is CC(C)(C)OC(=O)Nc1ccc2c(c1)N(S(=O)(=O)c1cccc(C(F)(F)F)c1)C[C@H](CS(=O)(=O)Cc1ccccc1)O2. The van der Waals surface area contributed by atoms with Crippen LogP contribution >= 0.6 is 0 Å². The van der Waals surface area contributed by atoms with Crippen molar-refractivity contribution in [2.45, 2.75) is 49.3 Å². The molecular weight excluding hydrogens is 597 g/mol. The van der Waals surface area contributed by atoms with E-state index in [9.17, 15) is 34.8 Å². The number of carbonyl (C=O) groups is 1. The minimum Gasteiger partial charge on any atom is -0.485 e. The lowest BCUT2D eigenvalue weighted by Gasteiger charge is -2.35. The first-order valence-electron chi connectivity index (χ1n) is 12.7. The highest BCUT2D eigenvalue weighted by atomic mass is 32.2. The maximum atomic E-state index is 13.8. The van der Waals surface area contributed by atoms with E-state index in [0.29, 0.717) is 11.6 Å². The van der Waals surface area contributed by atoms with E-state index in [1.54, 1.807) is 51.1 Å². The van der Waals surface area contributed by atoms with Crippen molar-refractivity contribution in [3.8, 4) is 5.75 Å². The van der Waals surface area contributed by atoms with Crippen LogP contribution in [0.15, 0.2) is 77.7 Å². The molecule has 1 amide bonds. The minimum absolute atomic E-state index is 0.0357. The number of hydrogen-bond acceptors (Lipinski definition) is 7. The van der Waals surface area contributed by atoms with Gasteiger partial charge < -0.3 is 9.47 Å². The van der Waals surface area contributed by atoms with Crippen molar-refractivity contribution in [3.05, 3.63) is 83.9 Å². The van der Waals surface area contributed by atoms with Gasteiger partial charge in [0.25, 0.3) is 10.0 Å². The zero-order chi connectivity index (χ0) is 30.9. The smallest absolute Gasteiger partial charge is 0.416 e. The summed E-state index contributed by atoms with van der Waals surface area (Å²) in [5.41, 5.74) is -1.44. The Bertz CT molecular complexity index is 1670. The summed E-state index contributed by atoms with van der Waals surface area (Å²) < 4.78 is 106. The van der Waals surface area contributed by atoms with Gasteiger partial charge in [0.2, 0.25) is 0 Å². The molecule has 0 bridgehead atoms. The van der Waals surface area contributed by atoms with Gasteiger partial charge in [-0.1, -0.05) is 36.4 Å². The maximum Gasteiger partial charge on any atom is 0.416 e. The molecule has 4 rings (SSSR count). The first kappa shape index (κ1) is 31.2. The number of anilines is 2. The summed E-state index contributed by atoms with van der Waals surface area (Å²) in [4.78, 5) is 11.7. The summed E-state index contributed by atoms with van der Waals surface area (Å²) in [5.74, 6) is -0.917. The molecule has 0 radical (unpaired) electrons. The van der Waals surface area contributed by atoms with Crippen LogP contribution in [-0.2, 0) is 36.5 Å². The lowest BCUT2D eigenvalue weighted by atomic mass is 10.2. The summed E-state index contributed by atoms with van der Waals surface area (Å²) in [6.07, 6.45) is -6.81. The van der Waals surface area contributed by atoms with Crippen LogP contribution in [0, 0.1) is 0 Å². The van der Waals surface area contributed by atoms with E-state index in [-0.39, 0.29) is 22.9 Å². The fourth-order valence-corrected chi connectivity index (χ4v) is 7.36. The quantitative estimate of drug-likeness (QED) is 0.361. The molecule has 1 atom stereocenters. The fourth-order valence-electron chi connectivity index (χ4n) is 4.26. The van der Waals surface area contributed by atoms with Crippen molar-refractivity contribution in [2.24, 2.45) is 0 Å². The van der Waals surface area contributed by atoms with Gasteiger partial charge in [-0.25, -0.2) is 21.6 Å². The molecule has 226 valence electrons. The molecule has 0 saturated heterocycles. The summed E-state index contributed by atoms with van der Waals surface area (Å²) >= 11 is 0. The molecule has 0 unspecified atom stereocenters. The number of alkyl halides is 3. The normalized spacial score (nSPS) is 15.9. The third kappa shape index (κ3) is 7.73. The Morgan fingerprint density at radius 3 is 2.31 bits per heavy atom. The van der Waals surface area contributed by atoms with Crippen LogP contribution < -0.4 is 14.4 Å². The average molecular weight is 627 g/mol. The van der Waals surface area contributed by atoms with Crippen LogP contribution in [0.2, 0.25) is 0 Å². The molecule has 0 aliphatic carbocycles. The van der Waals surface area contributed by atoms with Crippen molar-refractivity contribution < 1.29 is 44.3 Å². The number of nitrogens with zero attached hydrogens (tertiary/aromatic N) is 1. The molecule has 1 N–H and O–H groups in total. The number of carbonyl (C=O) groups excluding carboxylic acids is 1. The number of rotatable bonds is 7. The van der Waals surface area contributed by atoms with E-state index >= 15 is 0 Å². The molecule has 1 heterocycles. The predicted octanol–water partition coefficient (Wildman–Crippen LogP) is 5.62. The molecule has 3 aromatic carbocycles. The van der Waals surface area contributed by atoms with Crippen LogP contribution in [-0.4, -0.2) is 46.9 Å². The van der Waals surface area contributed by atoms with Crippen molar-refractivity contribution in [1.82, 2.24) is 0 Å². The number of benzene rings is 3. The van der Waals surface area contributed by atoms with E-state index in [1.807, 2.05) is 0 Å². The maximum absolute atomic E-state index is 13.8. The van der Waals surface area contributed by atoms with Crippen molar-refractivity contribution in [1.29, 1.82) is 0 Å². The van der Waals surface area contributed by atoms with Crippen LogP contribution in [0.1, 0.15) is 31.9 Å². The Morgan fingerprint density at radius 2 is 1.67 bits per heavy atom. The molecule has 14 heteroatoms. The number of fused-ring (bicyclic) bond motifs is 1. The Morgan fingerprint density at radius 1 is 0.976 bits per heavy atom. The number of hydrogen-bond donors (Lipinski definition) is 1. The summed E-state index contributed by atoms with van der Waals surface area (Å²) in [5, 5.41) is 2.48. The average Bonchev–Trinajstić information content (AvgIpc) is 2.87. The molecule has 9 nitrogen and oxygen atoms in total. The number of sulfone groups is 1. The molecule has 1 aliphatic rings. The molecule has 0 saturated carbocycles. The Kier molecular flexibility index (Phi) is 8.52. The third-order valence-corrected chi connectivity index (χ3v) is 9.38. The van der Waals surface area contributed by atoms with E-state index in [2.05, 4.69) is 5.32 Å². The van der Waals surface area contributed by atoms with Crippen molar-refractivity contribution in [2.75, 3.05) is 21.9 Å². The van der Waals surface area contributed by atoms with E-state index in [0.717, 1.165) is 22.5 Å². The zero-order valence-electron chi connectivity index (χ0n) is 22.9. The standard InChI is InChI=1S/C28H29F3N2O7S2/c1-27(2,3)40-26(34)32-21-12-13-25-24(15-21)33(42(37,38)23-11-7-10-20(14-23)28(29,30)31)16-22(39-25)18-41(35,36)17-19-8-5-4-6-9-19/h4-15,22H,16-18H2,1-3H3,(H,32,34)/t22-/m1/s1. The molecule has 1 aliphatic heterocycles. The first-order chi connectivity index (χ1) is 19.4. The zero-order valence-corrected chi connectivity index (χ0v) is 24.5. The monoisotopic (exact) mass is 626 g/mol. The highest BCUT2D eigenvalue weighted by molar-refractivity contribution is 7.93. The minimum atomic E-state index is -4.80. The van der Waals surface area contributed by atoms with Crippen LogP contribution in [0.25, 0.3) is 0 Å². The third-order valence-electron chi connectivity index (χ3n) is 5.95. The Labute approximate surface area is 242 Å². The second kappa shape index (κ2) is 11.5. The summed E-state index contributed by atoms with van der Waals surface area (Å²) in [7, 11) is -8.47. The van der Waals surface area contributed by atoms with E-state index < -0.39 is 66.6 Å². The largest absolute Gasteiger partial charge is 0.485 e. The molecule has 3 aromatic rings. The second-order valence-electron chi connectivity index (χ2n) is 10.7. The molecule has 0 aromatic heterocycles. The number of nitrogens with one attached hydrogen (secondary N) is 1. The van der Waals surface area contributed by atoms with Gasteiger partial charge in [-0.3, -0.25) is 9.62 Å². The van der Waals surface area contributed by atoms with Gasteiger partial charge >= 0.3 is 12.3 Å². The Balaban J connectivity index is 1.71. The van der Waals surface area contributed by atoms with Crippen molar-refractivity contribution >= 4 is 37.3 Å². The summed E-state index contributed by atoms with van der Waals surface area (Å²) in [6, 6.07) is 15.6. The highest BCUT2D eigenvalue weighted by Gasteiger charge is 2.38. The fraction of sp³-hybridized carbons (Fsp3) is 0.321. The number of ether oxygens (including phenoxy) is 2. The van der Waals surface area contributed by atoms with Gasteiger partial charge in [0.1, 0.15) is 17.5 Å². The topological polar surface area (TPSA) is 119 Å². The molecule has 42 heavy (non-hydrogen) atoms. The first-order valence-corrected chi connectivity index (χ1v) is 15.9. The van der Waals surface area contributed by atoms with E-state index in [4.69, 9.17) is 9.47 Å². The highest BCUT2D eigenvalue weighted by Crippen LogP contribution is 2.40. The van der Waals surface area contributed by atoms with Gasteiger partial charge in [0.15, 0.2) is 9.84 Å². The Hall–Kier alpha value is -3.78. The molecule has 0 fully saturated rings. The van der Waals surface area contributed by atoms with Gasteiger partial charge in [-0.05, 0) is 62.7 Å². The van der Waals surface area contributed by atoms with Gasteiger partial charge in [-0.2, -0.15) is 13.2 Å². The van der Waals surface area contributed by atoms with Crippen LogP contribution in [0.4, 0.5) is 29.3 Å². The van der Waals surface area contributed by atoms with Gasteiger partial charge in [-0.15, -0.1) is 0 Å². The summed E-state index contributed by atoms with van der Waals surface area (Å²) in [6.45, 7) is 4.45. The lowest BCUT2D eigenvalue weighted by molar-refractivity contribution is -0.137. The van der Waals surface area contributed by atoms with E-state index in [1.165, 1.54) is 18.2 Å².